The monoisotopic (exact) mass is 455 g/mol. The van der Waals surface area contributed by atoms with Crippen LogP contribution in [0.25, 0.3) is 11.2 Å². The molecule has 0 bridgehead atoms. The van der Waals surface area contributed by atoms with Crippen LogP contribution in [0.15, 0.2) is 49.1 Å². The van der Waals surface area contributed by atoms with Crippen LogP contribution in [-0.2, 0) is 18.9 Å². The van der Waals surface area contributed by atoms with Gasteiger partial charge in [0.2, 0.25) is 5.95 Å². The fraction of sp³-hybridized carbons (Fsp3) is 0.407. The number of aryl methyl sites for hydroxylation is 2. The maximum atomic E-state index is 5.11. The summed E-state index contributed by atoms with van der Waals surface area (Å²) in [5, 5.41) is 0. The minimum atomic E-state index is 0.107. The summed E-state index contributed by atoms with van der Waals surface area (Å²) in [6, 6.07) is 11.0. The van der Waals surface area contributed by atoms with Gasteiger partial charge in [-0.15, -0.1) is 0 Å². The summed E-state index contributed by atoms with van der Waals surface area (Å²) in [7, 11) is 2.02. The molecule has 0 spiro atoms. The number of benzene rings is 1. The molecular weight excluding hydrogens is 422 g/mol. The van der Waals surface area contributed by atoms with Crippen molar-refractivity contribution in [2.75, 3.05) is 36.0 Å². The summed E-state index contributed by atoms with van der Waals surface area (Å²) in [6.45, 7) is 12.6. The molecule has 0 radical (unpaired) electrons. The minimum Gasteiger partial charge on any atom is -0.368 e. The summed E-state index contributed by atoms with van der Waals surface area (Å²) in [5.41, 5.74) is 8.07. The molecule has 0 saturated carbocycles. The van der Waals surface area contributed by atoms with Crippen molar-refractivity contribution in [1.29, 1.82) is 0 Å². The van der Waals surface area contributed by atoms with Crippen molar-refractivity contribution in [3.05, 3.63) is 71.4 Å². The van der Waals surface area contributed by atoms with E-state index in [2.05, 4.69) is 77.8 Å². The molecule has 7 nitrogen and oxygen atoms in total. The third kappa shape index (κ3) is 4.34. The SMILES string of the molecule is Cc1ccc(C(C)(C)C)cc1Cc1nc(N2CCN(c3ccncc3)CC2)nc2ncn(C)c12. The molecule has 0 N–H and O–H groups in total. The third-order valence-corrected chi connectivity index (χ3v) is 6.80. The summed E-state index contributed by atoms with van der Waals surface area (Å²) >= 11 is 0. The maximum absolute atomic E-state index is 5.11. The fourth-order valence-electron chi connectivity index (χ4n) is 4.62. The van der Waals surface area contributed by atoms with E-state index < -0.39 is 0 Å². The molecule has 1 aliphatic heterocycles. The molecule has 7 heteroatoms. The van der Waals surface area contributed by atoms with E-state index in [0.717, 1.165) is 55.4 Å². The number of pyridine rings is 1. The number of imidazole rings is 1. The second kappa shape index (κ2) is 8.70. The van der Waals surface area contributed by atoms with E-state index in [9.17, 15) is 0 Å². The number of hydrogen-bond donors (Lipinski definition) is 0. The van der Waals surface area contributed by atoms with Crippen LogP contribution >= 0.6 is 0 Å². The van der Waals surface area contributed by atoms with Crippen molar-refractivity contribution in [2.45, 2.75) is 39.5 Å². The molecule has 3 aromatic heterocycles. The van der Waals surface area contributed by atoms with Crippen molar-refractivity contribution in [1.82, 2.24) is 24.5 Å². The van der Waals surface area contributed by atoms with Crippen molar-refractivity contribution >= 4 is 22.8 Å². The number of piperazine rings is 1. The molecule has 4 aromatic rings. The lowest BCUT2D eigenvalue weighted by molar-refractivity contribution is 0.589. The molecule has 4 heterocycles. The first-order valence-corrected chi connectivity index (χ1v) is 12.0. The van der Waals surface area contributed by atoms with Gasteiger partial charge in [-0.2, -0.15) is 4.98 Å². The molecule has 1 fully saturated rings. The Labute approximate surface area is 201 Å². The molecular formula is C27H33N7. The second-order valence-corrected chi connectivity index (χ2v) is 10.2. The number of aromatic nitrogens is 5. The van der Waals surface area contributed by atoms with E-state index in [-0.39, 0.29) is 5.41 Å². The summed E-state index contributed by atoms with van der Waals surface area (Å²) < 4.78 is 2.04. The van der Waals surface area contributed by atoms with Crippen molar-refractivity contribution < 1.29 is 0 Å². The molecule has 0 atom stereocenters. The zero-order chi connectivity index (χ0) is 23.9. The van der Waals surface area contributed by atoms with Crippen molar-refractivity contribution in [3.63, 3.8) is 0 Å². The number of anilines is 2. The Morgan fingerprint density at radius 3 is 2.32 bits per heavy atom. The van der Waals surface area contributed by atoms with E-state index in [0.29, 0.717) is 0 Å². The Bertz CT molecular complexity index is 1300. The Balaban J connectivity index is 1.45. The van der Waals surface area contributed by atoms with Crippen LogP contribution < -0.4 is 9.80 Å². The Hall–Kier alpha value is -3.48. The van der Waals surface area contributed by atoms with Gasteiger partial charge >= 0.3 is 0 Å². The molecule has 34 heavy (non-hydrogen) atoms. The summed E-state index contributed by atoms with van der Waals surface area (Å²) in [5.74, 6) is 0.778. The fourth-order valence-corrected chi connectivity index (χ4v) is 4.62. The van der Waals surface area contributed by atoms with Crippen molar-refractivity contribution in [3.8, 4) is 0 Å². The van der Waals surface area contributed by atoms with Gasteiger partial charge in [0, 0.05) is 57.7 Å². The number of hydrogen-bond acceptors (Lipinski definition) is 6. The van der Waals surface area contributed by atoms with Gasteiger partial charge in [-0.1, -0.05) is 39.0 Å². The highest BCUT2D eigenvalue weighted by Crippen LogP contribution is 2.28. The highest BCUT2D eigenvalue weighted by Gasteiger charge is 2.23. The predicted octanol–water partition coefficient (Wildman–Crippen LogP) is 4.28. The number of fused-ring (bicyclic) bond motifs is 1. The molecule has 176 valence electrons. The molecule has 1 aromatic carbocycles. The summed E-state index contributed by atoms with van der Waals surface area (Å²) in [6.07, 6.45) is 6.30. The van der Waals surface area contributed by atoms with Gasteiger partial charge in [0.15, 0.2) is 5.65 Å². The van der Waals surface area contributed by atoms with Gasteiger partial charge in [-0.3, -0.25) is 4.98 Å². The highest BCUT2D eigenvalue weighted by atomic mass is 15.3. The molecule has 1 saturated heterocycles. The summed E-state index contributed by atoms with van der Waals surface area (Å²) in [4.78, 5) is 23.4. The molecule has 0 amide bonds. The minimum absolute atomic E-state index is 0.107. The third-order valence-electron chi connectivity index (χ3n) is 6.80. The topological polar surface area (TPSA) is 63.0 Å². The lowest BCUT2D eigenvalue weighted by Crippen LogP contribution is -2.47. The Morgan fingerprint density at radius 1 is 0.912 bits per heavy atom. The van der Waals surface area contributed by atoms with Crippen LogP contribution in [0.3, 0.4) is 0 Å². The zero-order valence-corrected chi connectivity index (χ0v) is 20.8. The van der Waals surface area contributed by atoms with Crippen LogP contribution in [0.2, 0.25) is 0 Å². The van der Waals surface area contributed by atoms with Gasteiger partial charge in [-0.25, -0.2) is 9.97 Å². The predicted molar refractivity (Wildman–Crippen MR) is 138 cm³/mol. The van der Waals surface area contributed by atoms with E-state index in [1.165, 1.54) is 22.4 Å². The zero-order valence-electron chi connectivity index (χ0n) is 20.8. The number of rotatable bonds is 4. The molecule has 5 rings (SSSR count). The van der Waals surface area contributed by atoms with E-state index >= 15 is 0 Å². The normalized spacial score (nSPS) is 14.7. The van der Waals surface area contributed by atoms with Crippen LogP contribution in [-0.4, -0.2) is 50.7 Å². The van der Waals surface area contributed by atoms with E-state index in [1.807, 2.05) is 30.3 Å². The quantitative estimate of drug-likeness (QED) is 0.458. The van der Waals surface area contributed by atoms with Gasteiger partial charge < -0.3 is 14.4 Å². The molecule has 0 unspecified atom stereocenters. The van der Waals surface area contributed by atoms with Crippen LogP contribution in [0.1, 0.15) is 43.2 Å². The average molecular weight is 456 g/mol. The molecule has 1 aliphatic rings. The van der Waals surface area contributed by atoms with Crippen molar-refractivity contribution in [2.24, 2.45) is 7.05 Å². The van der Waals surface area contributed by atoms with Crippen LogP contribution in [0, 0.1) is 6.92 Å². The van der Waals surface area contributed by atoms with E-state index in [1.54, 1.807) is 0 Å². The van der Waals surface area contributed by atoms with Crippen LogP contribution in [0.5, 0.6) is 0 Å². The maximum Gasteiger partial charge on any atom is 0.227 e. The van der Waals surface area contributed by atoms with Gasteiger partial charge in [0.1, 0.15) is 5.52 Å². The Kier molecular flexibility index (Phi) is 5.71. The lowest BCUT2D eigenvalue weighted by Gasteiger charge is -2.36. The van der Waals surface area contributed by atoms with Gasteiger partial charge in [0.05, 0.1) is 12.0 Å². The van der Waals surface area contributed by atoms with E-state index in [4.69, 9.17) is 9.97 Å². The van der Waals surface area contributed by atoms with Crippen LogP contribution in [0.4, 0.5) is 11.6 Å². The Morgan fingerprint density at radius 2 is 1.62 bits per heavy atom. The first kappa shape index (κ1) is 22.3. The largest absolute Gasteiger partial charge is 0.368 e. The number of nitrogens with zero attached hydrogens (tertiary/aromatic N) is 7. The molecule has 0 aliphatic carbocycles. The lowest BCUT2D eigenvalue weighted by atomic mass is 9.84. The smallest absolute Gasteiger partial charge is 0.227 e. The van der Waals surface area contributed by atoms with Gasteiger partial charge in [0.25, 0.3) is 0 Å². The first-order chi connectivity index (χ1) is 16.3. The standard InChI is InChI=1S/C27H33N7/c1-19-6-7-21(27(2,3)4)16-20(19)17-23-24-25(29-18-32(24)5)31-26(30-23)34-14-12-33(13-15-34)22-8-10-28-11-9-22/h6-11,16,18H,12-15,17H2,1-5H3. The highest BCUT2D eigenvalue weighted by molar-refractivity contribution is 5.75. The average Bonchev–Trinajstić information content (AvgIpc) is 3.21. The second-order valence-electron chi connectivity index (χ2n) is 10.2. The van der Waals surface area contributed by atoms with Gasteiger partial charge in [-0.05, 0) is 41.2 Å². The first-order valence-electron chi connectivity index (χ1n) is 12.0.